The fourth-order valence-corrected chi connectivity index (χ4v) is 2.62. The van der Waals surface area contributed by atoms with Crippen molar-refractivity contribution in [2.75, 3.05) is 7.11 Å². The Kier molecular flexibility index (Phi) is 3.81. The van der Waals surface area contributed by atoms with E-state index in [2.05, 4.69) is 21.9 Å². The molecule has 5 nitrogen and oxygen atoms in total. The van der Waals surface area contributed by atoms with Crippen LogP contribution in [0.5, 0.6) is 0 Å². The van der Waals surface area contributed by atoms with E-state index >= 15 is 0 Å². The summed E-state index contributed by atoms with van der Waals surface area (Å²) in [7, 11) is 1.77. The third-order valence-corrected chi connectivity index (χ3v) is 3.97. The molecule has 0 bridgehead atoms. The average Bonchev–Trinajstić information content (AvgIpc) is 2.74. The van der Waals surface area contributed by atoms with Crippen LogP contribution in [-0.4, -0.2) is 28.3 Å². The van der Waals surface area contributed by atoms with Gasteiger partial charge >= 0.3 is 0 Å². The van der Waals surface area contributed by atoms with Crippen molar-refractivity contribution in [1.82, 2.24) is 15.0 Å². The maximum Gasteiger partial charge on any atom is 0.110 e. The third-order valence-electron chi connectivity index (χ3n) is 3.97. The van der Waals surface area contributed by atoms with Crippen LogP contribution in [0.2, 0.25) is 0 Å². The molecule has 1 aromatic rings. The van der Waals surface area contributed by atoms with Gasteiger partial charge < -0.3 is 9.30 Å². The molecule has 1 aliphatic rings. The topological polar surface area (TPSA) is 65.1 Å². The summed E-state index contributed by atoms with van der Waals surface area (Å²) < 4.78 is 7.81. The highest BCUT2D eigenvalue weighted by Gasteiger charge is 2.44. The summed E-state index contributed by atoms with van der Waals surface area (Å²) in [5.41, 5.74) is 2.81. The number of rotatable bonds is 6. The van der Waals surface area contributed by atoms with Crippen molar-refractivity contribution in [3.63, 3.8) is 0 Å². The Morgan fingerprint density at radius 2 is 2.41 bits per heavy atom. The van der Waals surface area contributed by atoms with Gasteiger partial charge in [-0.1, -0.05) is 0 Å². The number of hydrazine groups is 1. The molecule has 1 unspecified atom stereocenters. The maximum absolute atomic E-state index is 5.68. The molecule has 0 amide bonds. The molecule has 0 radical (unpaired) electrons. The molecular weight excluding hydrogens is 216 g/mol. The number of nitrogens with one attached hydrogen (secondary N) is 1. The van der Waals surface area contributed by atoms with Gasteiger partial charge in [-0.05, 0) is 26.2 Å². The van der Waals surface area contributed by atoms with Crippen molar-refractivity contribution >= 4 is 0 Å². The number of nitrogens with two attached hydrogens (primary N) is 1. The van der Waals surface area contributed by atoms with Crippen molar-refractivity contribution in [3.8, 4) is 0 Å². The summed E-state index contributed by atoms with van der Waals surface area (Å²) in [6.07, 6.45) is 8.02. The average molecular weight is 238 g/mol. The van der Waals surface area contributed by atoms with Gasteiger partial charge in [0, 0.05) is 32.5 Å². The normalized spacial score (nSPS) is 19.9. The number of hydrogen-bond acceptors (Lipinski definition) is 4. The lowest BCUT2D eigenvalue weighted by Gasteiger charge is -2.46. The zero-order chi connectivity index (χ0) is 12.3. The molecule has 0 aliphatic heterocycles. The minimum Gasteiger partial charge on any atom is -0.377 e. The molecule has 3 N–H and O–H groups in total. The SMILES string of the molecule is CCn1ccnc1CC(NN)C1(OC)CCC1. The smallest absolute Gasteiger partial charge is 0.110 e. The fraction of sp³-hybridized carbons (Fsp3) is 0.750. The molecule has 96 valence electrons. The predicted octanol–water partition coefficient (Wildman–Crippen LogP) is 0.846. The van der Waals surface area contributed by atoms with E-state index < -0.39 is 0 Å². The van der Waals surface area contributed by atoms with Crippen molar-refractivity contribution in [2.45, 2.75) is 50.8 Å². The second kappa shape index (κ2) is 5.16. The van der Waals surface area contributed by atoms with E-state index in [4.69, 9.17) is 10.6 Å². The summed E-state index contributed by atoms with van der Waals surface area (Å²) >= 11 is 0. The molecule has 17 heavy (non-hydrogen) atoms. The molecule has 1 saturated carbocycles. The molecule has 1 atom stereocenters. The van der Waals surface area contributed by atoms with Gasteiger partial charge in [0.1, 0.15) is 5.82 Å². The van der Waals surface area contributed by atoms with Crippen LogP contribution in [-0.2, 0) is 17.7 Å². The standard InChI is InChI=1S/C12H22N4O/c1-3-16-8-7-14-11(16)9-10(15-13)12(17-2)5-4-6-12/h7-8,10,15H,3-6,9,13H2,1-2H3. The molecular formula is C12H22N4O. The number of methoxy groups -OCH3 is 1. The number of aryl methyl sites for hydroxylation is 1. The quantitative estimate of drug-likeness (QED) is 0.569. The first-order valence-corrected chi connectivity index (χ1v) is 6.27. The molecule has 0 spiro atoms. The molecule has 1 fully saturated rings. The van der Waals surface area contributed by atoms with E-state index in [1.54, 1.807) is 7.11 Å². The van der Waals surface area contributed by atoms with Crippen molar-refractivity contribution in [3.05, 3.63) is 18.2 Å². The number of aromatic nitrogens is 2. The first kappa shape index (κ1) is 12.5. The van der Waals surface area contributed by atoms with E-state index in [0.717, 1.165) is 31.6 Å². The highest BCUT2D eigenvalue weighted by atomic mass is 16.5. The van der Waals surface area contributed by atoms with Crippen LogP contribution in [0.3, 0.4) is 0 Å². The summed E-state index contributed by atoms with van der Waals surface area (Å²) in [4.78, 5) is 4.39. The van der Waals surface area contributed by atoms with Crippen LogP contribution in [0, 0.1) is 0 Å². The molecule has 1 aliphatic carbocycles. The minimum atomic E-state index is -0.0979. The van der Waals surface area contributed by atoms with Crippen molar-refractivity contribution in [1.29, 1.82) is 0 Å². The van der Waals surface area contributed by atoms with Crippen LogP contribution in [0.25, 0.3) is 0 Å². The summed E-state index contributed by atoms with van der Waals surface area (Å²) in [6.45, 7) is 3.05. The zero-order valence-corrected chi connectivity index (χ0v) is 10.6. The van der Waals surface area contributed by atoms with E-state index in [0.29, 0.717) is 0 Å². The lowest BCUT2D eigenvalue weighted by Crippen LogP contribution is -2.59. The Hall–Kier alpha value is -0.910. The lowest BCUT2D eigenvalue weighted by atomic mass is 9.73. The summed E-state index contributed by atoms with van der Waals surface area (Å²) in [5.74, 6) is 6.75. The second-order valence-electron chi connectivity index (χ2n) is 4.68. The maximum atomic E-state index is 5.68. The van der Waals surface area contributed by atoms with E-state index in [1.807, 2.05) is 12.4 Å². The van der Waals surface area contributed by atoms with E-state index in [1.165, 1.54) is 6.42 Å². The van der Waals surface area contributed by atoms with Gasteiger partial charge in [-0.3, -0.25) is 11.3 Å². The van der Waals surface area contributed by atoms with Crippen molar-refractivity contribution < 1.29 is 4.74 Å². The van der Waals surface area contributed by atoms with Gasteiger partial charge in [0.25, 0.3) is 0 Å². The predicted molar refractivity (Wildman–Crippen MR) is 66.3 cm³/mol. The molecule has 1 aromatic heterocycles. The van der Waals surface area contributed by atoms with Crippen LogP contribution in [0.4, 0.5) is 0 Å². The number of imidazole rings is 1. The number of ether oxygens (including phenoxy) is 1. The Balaban J connectivity index is 2.09. The second-order valence-corrected chi connectivity index (χ2v) is 4.68. The van der Waals surface area contributed by atoms with Crippen LogP contribution in [0.1, 0.15) is 32.0 Å². The van der Waals surface area contributed by atoms with Crippen LogP contribution in [0.15, 0.2) is 12.4 Å². The van der Waals surface area contributed by atoms with Gasteiger partial charge in [-0.2, -0.15) is 0 Å². The van der Waals surface area contributed by atoms with E-state index in [-0.39, 0.29) is 11.6 Å². The molecule has 0 aromatic carbocycles. The summed E-state index contributed by atoms with van der Waals surface area (Å²) in [5, 5.41) is 0. The fourth-order valence-electron chi connectivity index (χ4n) is 2.62. The lowest BCUT2D eigenvalue weighted by molar-refractivity contribution is -0.0986. The minimum absolute atomic E-state index is 0.0979. The Morgan fingerprint density at radius 3 is 2.88 bits per heavy atom. The van der Waals surface area contributed by atoms with E-state index in [9.17, 15) is 0 Å². The number of hydrogen-bond donors (Lipinski definition) is 2. The van der Waals surface area contributed by atoms with Gasteiger partial charge in [0.05, 0.1) is 11.6 Å². The zero-order valence-electron chi connectivity index (χ0n) is 10.6. The molecule has 1 heterocycles. The largest absolute Gasteiger partial charge is 0.377 e. The first-order valence-electron chi connectivity index (χ1n) is 6.27. The highest BCUT2D eigenvalue weighted by Crippen LogP contribution is 2.38. The molecule has 2 rings (SSSR count). The van der Waals surface area contributed by atoms with Gasteiger partial charge in [0.15, 0.2) is 0 Å². The van der Waals surface area contributed by atoms with Crippen LogP contribution < -0.4 is 11.3 Å². The monoisotopic (exact) mass is 238 g/mol. The first-order chi connectivity index (χ1) is 8.25. The van der Waals surface area contributed by atoms with Gasteiger partial charge in [-0.25, -0.2) is 4.98 Å². The Labute approximate surface area is 102 Å². The van der Waals surface area contributed by atoms with Crippen LogP contribution >= 0.6 is 0 Å². The van der Waals surface area contributed by atoms with Gasteiger partial charge in [-0.15, -0.1) is 0 Å². The highest BCUT2D eigenvalue weighted by molar-refractivity contribution is 5.05. The van der Waals surface area contributed by atoms with Gasteiger partial charge in [0.2, 0.25) is 0 Å². The Bertz CT molecular complexity index is 354. The molecule has 0 saturated heterocycles. The third kappa shape index (κ3) is 2.22. The Morgan fingerprint density at radius 1 is 1.65 bits per heavy atom. The number of nitrogens with zero attached hydrogens (tertiary/aromatic N) is 2. The molecule has 5 heteroatoms. The van der Waals surface area contributed by atoms with Crippen molar-refractivity contribution in [2.24, 2.45) is 5.84 Å². The summed E-state index contributed by atoms with van der Waals surface area (Å²) in [6, 6.07) is 0.133.